The van der Waals surface area contributed by atoms with Crippen LogP contribution in [0.5, 0.6) is 0 Å². The van der Waals surface area contributed by atoms with Crippen molar-refractivity contribution in [2.24, 2.45) is 0 Å². The molecule has 0 aromatic heterocycles. The molecule has 0 bridgehead atoms. The SMILES string of the molecule is CCC(C)N(CCOC)c1ccc([C@@H](C)O)cc1. The van der Waals surface area contributed by atoms with Gasteiger partial charge in [0.2, 0.25) is 0 Å². The molecule has 1 aromatic carbocycles. The topological polar surface area (TPSA) is 32.7 Å². The highest BCUT2D eigenvalue weighted by atomic mass is 16.5. The summed E-state index contributed by atoms with van der Waals surface area (Å²) in [5.41, 5.74) is 2.14. The number of aliphatic hydroxyl groups excluding tert-OH is 1. The van der Waals surface area contributed by atoms with Gasteiger partial charge in [-0.25, -0.2) is 0 Å². The highest BCUT2D eigenvalue weighted by Gasteiger charge is 2.13. The van der Waals surface area contributed by atoms with E-state index in [1.807, 2.05) is 12.1 Å². The Morgan fingerprint density at radius 2 is 1.83 bits per heavy atom. The van der Waals surface area contributed by atoms with Crippen molar-refractivity contribution in [2.45, 2.75) is 39.3 Å². The van der Waals surface area contributed by atoms with E-state index < -0.39 is 6.10 Å². The summed E-state index contributed by atoms with van der Waals surface area (Å²) in [6.45, 7) is 7.81. The number of methoxy groups -OCH3 is 1. The van der Waals surface area contributed by atoms with Crippen molar-refractivity contribution >= 4 is 5.69 Å². The molecule has 0 heterocycles. The number of hydrogen-bond donors (Lipinski definition) is 1. The Hall–Kier alpha value is -1.06. The fourth-order valence-electron chi connectivity index (χ4n) is 1.96. The summed E-state index contributed by atoms with van der Waals surface area (Å²) in [6, 6.07) is 8.61. The highest BCUT2D eigenvalue weighted by molar-refractivity contribution is 5.48. The van der Waals surface area contributed by atoms with Crippen molar-refractivity contribution in [1.82, 2.24) is 0 Å². The monoisotopic (exact) mass is 251 g/mol. The third kappa shape index (κ3) is 4.00. The zero-order valence-corrected chi connectivity index (χ0v) is 11.9. The number of rotatable bonds is 7. The highest BCUT2D eigenvalue weighted by Crippen LogP contribution is 2.21. The van der Waals surface area contributed by atoms with Crippen LogP contribution in [0.4, 0.5) is 5.69 Å². The third-order valence-corrected chi connectivity index (χ3v) is 3.37. The molecule has 0 fully saturated rings. The van der Waals surface area contributed by atoms with E-state index in [-0.39, 0.29) is 0 Å². The molecule has 0 aliphatic rings. The van der Waals surface area contributed by atoms with Gasteiger partial charge in [-0.15, -0.1) is 0 Å². The maximum atomic E-state index is 9.52. The van der Waals surface area contributed by atoms with Crippen molar-refractivity contribution in [1.29, 1.82) is 0 Å². The summed E-state index contributed by atoms with van der Waals surface area (Å²) in [5, 5.41) is 9.52. The van der Waals surface area contributed by atoms with Crippen molar-refractivity contribution in [3.63, 3.8) is 0 Å². The molecule has 1 N–H and O–H groups in total. The zero-order valence-electron chi connectivity index (χ0n) is 11.9. The lowest BCUT2D eigenvalue weighted by atomic mass is 10.1. The van der Waals surface area contributed by atoms with Crippen LogP contribution in [0.2, 0.25) is 0 Å². The second-order valence-electron chi connectivity index (χ2n) is 4.71. The quantitative estimate of drug-likeness (QED) is 0.808. The summed E-state index contributed by atoms with van der Waals surface area (Å²) in [4.78, 5) is 2.34. The minimum Gasteiger partial charge on any atom is -0.389 e. The van der Waals surface area contributed by atoms with E-state index in [1.54, 1.807) is 14.0 Å². The second-order valence-corrected chi connectivity index (χ2v) is 4.71. The molecule has 3 heteroatoms. The van der Waals surface area contributed by atoms with Crippen LogP contribution in [0.25, 0.3) is 0 Å². The maximum Gasteiger partial charge on any atom is 0.0761 e. The van der Waals surface area contributed by atoms with E-state index in [2.05, 4.69) is 30.9 Å². The van der Waals surface area contributed by atoms with Crippen molar-refractivity contribution in [2.75, 3.05) is 25.2 Å². The van der Waals surface area contributed by atoms with E-state index in [9.17, 15) is 5.11 Å². The molecule has 18 heavy (non-hydrogen) atoms. The Balaban J connectivity index is 2.83. The Morgan fingerprint density at radius 1 is 1.22 bits per heavy atom. The van der Waals surface area contributed by atoms with Gasteiger partial charge in [0.25, 0.3) is 0 Å². The van der Waals surface area contributed by atoms with Crippen LogP contribution in [0, 0.1) is 0 Å². The Bertz CT molecular complexity index is 335. The normalized spacial score (nSPS) is 14.3. The number of hydrogen-bond acceptors (Lipinski definition) is 3. The molecule has 0 radical (unpaired) electrons. The molecule has 0 saturated heterocycles. The smallest absolute Gasteiger partial charge is 0.0761 e. The summed E-state index contributed by atoms with van der Waals surface area (Å²) in [6.07, 6.45) is 0.692. The average molecular weight is 251 g/mol. The lowest BCUT2D eigenvalue weighted by Gasteiger charge is -2.30. The maximum absolute atomic E-state index is 9.52. The van der Waals surface area contributed by atoms with E-state index in [1.165, 1.54) is 5.69 Å². The predicted molar refractivity (Wildman–Crippen MR) is 76.1 cm³/mol. The van der Waals surface area contributed by atoms with Gasteiger partial charge in [0.05, 0.1) is 12.7 Å². The standard InChI is InChI=1S/C15H25NO2/c1-5-12(2)16(10-11-18-4)15-8-6-14(7-9-15)13(3)17/h6-9,12-13,17H,5,10-11H2,1-4H3/t12?,13-/m1/s1. The van der Waals surface area contributed by atoms with E-state index in [0.717, 1.165) is 25.1 Å². The molecule has 1 unspecified atom stereocenters. The molecule has 0 spiro atoms. The van der Waals surface area contributed by atoms with Gasteiger partial charge in [-0.2, -0.15) is 0 Å². The zero-order chi connectivity index (χ0) is 13.5. The average Bonchev–Trinajstić information content (AvgIpc) is 2.39. The van der Waals surface area contributed by atoms with Crippen LogP contribution in [0.3, 0.4) is 0 Å². The molecule has 0 aliphatic heterocycles. The van der Waals surface area contributed by atoms with Crippen LogP contribution >= 0.6 is 0 Å². The van der Waals surface area contributed by atoms with Crippen LogP contribution < -0.4 is 4.90 Å². The number of nitrogens with zero attached hydrogens (tertiary/aromatic N) is 1. The molecule has 3 nitrogen and oxygen atoms in total. The lowest BCUT2D eigenvalue weighted by molar-refractivity contribution is 0.199. The summed E-state index contributed by atoms with van der Waals surface area (Å²) >= 11 is 0. The summed E-state index contributed by atoms with van der Waals surface area (Å²) in [7, 11) is 1.73. The fourth-order valence-corrected chi connectivity index (χ4v) is 1.96. The van der Waals surface area contributed by atoms with E-state index in [4.69, 9.17) is 4.74 Å². The molecular formula is C15H25NO2. The van der Waals surface area contributed by atoms with Crippen LogP contribution in [-0.4, -0.2) is 31.4 Å². The predicted octanol–water partition coefficient (Wildman–Crippen LogP) is 2.99. The minimum absolute atomic E-state index is 0.407. The van der Waals surface area contributed by atoms with Crippen molar-refractivity contribution in [3.05, 3.63) is 29.8 Å². The molecular weight excluding hydrogens is 226 g/mol. The van der Waals surface area contributed by atoms with Crippen molar-refractivity contribution < 1.29 is 9.84 Å². The van der Waals surface area contributed by atoms with Gasteiger partial charge in [0.15, 0.2) is 0 Å². The summed E-state index contributed by atoms with van der Waals surface area (Å²) < 4.78 is 5.17. The molecule has 0 amide bonds. The number of benzene rings is 1. The van der Waals surface area contributed by atoms with E-state index in [0.29, 0.717) is 6.04 Å². The summed E-state index contributed by atoms with van der Waals surface area (Å²) in [5.74, 6) is 0. The van der Waals surface area contributed by atoms with Gasteiger partial charge in [0, 0.05) is 25.4 Å². The molecule has 0 aliphatic carbocycles. The van der Waals surface area contributed by atoms with E-state index >= 15 is 0 Å². The number of aliphatic hydroxyl groups is 1. The van der Waals surface area contributed by atoms with Gasteiger partial charge >= 0.3 is 0 Å². The second kappa shape index (κ2) is 7.39. The first-order valence-electron chi connectivity index (χ1n) is 6.63. The Kier molecular flexibility index (Phi) is 6.16. The van der Waals surface area contributed by atoms with Crippen LogP contribution in [-0.2, 0) is 4.74 Å². The molecule has 1 aromatic rings. The van der Waals surface area contributed by atoms with Crippen LogP contribution in [0.1, 0.15) is 38.9 Å². The molecule has 0 saturated carbocycles. The molecule has 2 atom stereocenters. The van der Waals surface area contributed by atoms with Crippen LogP contribution in [0.15, 0.2) is 24.3 Å². The lowest BCUT2D eigenvalue weighted by Crippen LogP contribution is -2.35. The van der Waals surface area contributed by atoms with Gasteiger partial charge < -0.3 is 14.7 Å². The number of ether oxygens (including phenoxy) is 1. The molecule has 1 rings (SSSR count). The minimum atomic E-state index is -0.407. The van der Waals surface area contributed by atoms with Gasteiger partial charge in [-0.05, 0) is 38.0 Å². The van der Waals surface area contributed by atoms with Gasteiger partial charge in [-0.1, -0.05) is 19.1 Å². The van der Waals surface area contributed by atoms with Gasteiger partial charge in [-0.3, -0.25) is 0 Å². The molecule has 102 valence electrons. The third-order valence-electron chi connectivity index (χ3n) is 3.37. The first kappa shape index (κ1) is 15.0. The Labute approximate surface area is 110 Å². The first-order valence-corrected chi connectivity index (χ1v) is 6.63. The number of anilines is 1. The van der Waals surface area contributed by atoms with Gasteiger partial charge in [0.1, 0.15) is 0 Å². The van der Waals surface area contributed by atoms with Crippen molar-refractivity contribution in [3.8, 4) is 0 Å². The Morgan fingerprint density at radius 3 is 2.28 bits per heavy atom. The largest absolute Gasteiger partial charge is 0.389 e. The first-order chi connectivity index (χ1) is 8.60. The fraction of sp³-hybridized carbons (Fsp3) is 0.600.